The molecule has 0 radical (unpaired) electrons. The van der Waals surface area contributed by atoms with Gasteiger partial charge < -0.3 is 11.1 Å². The van der Waals surface area contributed by atoms with Crippen LogP contribution in [-0.4, -0.2) is 18.5 Å². The molecule has 14 heavy (non-hydrogen) atoms. The van der Waals surface area contributed by atoms with Crippen LogP contribution in [0.3, 0.4) is 0 Å². The van der Waals surface area contributed by atoms with Gasteiger partial charge in [-0.2, -0.15) is 5.26 Å². The number of carbonyl (C=O) groups is 1. The van der Waals surface area contributed by atoms with Crippen LogP contribution in [0.2, 0.25) is 0 Å². The van der Waals surface area contributed by atoms with Gasteiger partial charge in [-0.3, -0.25) is 4.79 Å². The Morgan fingerprint density at radius 3 is 2.50 bits per heavy atom. The van der Waals surface area contributed by atoms with Crippen LogP contribution >= 0.6 is 0 Å². The third kappa shape index (κ3) is 5.55. The first-order valence-electron chi connectivity index (χ1n) is 4.90. The minimum Gasteiger partial charge on any atom is -0.353 e. The minimum atomic E-state index is -0.458. The van der Waals surface area contributed by atoms with Gasteiger partial charge in [-0.15, -0.1) is 0 Å². The highest BCUT2D eigenvalue weighted by atomic mass is 16.2. The summed E-state index contributed by atoms with van der Waals surface area (Å²) in [6, 6.07) is 1.59. The Morgan fingerprint density at radius 2 is 2.07 bits per heavy atom. The molecule has 80 valence electrons. The summed E-state index contributed by atoms with van der Waals surface area (Å²) in [7, 11) is 0. The Kier molecular flexibility index (Phi) is 5.89. The van der Waals surface area contributed by atoms with E-state index in [1.54, 1.807) is 6.92 Å². The van der Waals surface area contributed by atoms with Gasteiger partial charge >= 0.3 is 0 Å². The third-order valence-electron chi connectivity index (χ3n) is 1.86. The van der Waals surface area contributed by atoms with E-state index in [1.165, 1.54) is 0 Å². The Bertz CT molecular complexity index is 220. The summed E-state index contributed by atoms with van der Waals surface area (Å²) in [5, 5.41) is 11.2. The number of nitrogens with zero attached hydrogens (tertiary/aromatic N) is 1. The highest BCUT2D eigenvalue weighted by Gasteiger charge is 2.14. The number of amides is 1. The highest BCUT2D eigenvalue weighted by Crippen LogP contribution is 2.02. The summed E-state index contributed by atoms with van der Waals surface area (Å²) in [5.74, 6) is 0.0788. The van der Waals surface area contributed by atoms with Crippen molar-refractivity contribution < 1.29 is 4.79 Å². The molecule has 0 heterocycles. The fourth-order valence-corrected chi connectivity index (χ4v) is 1.05. The molecule has 0 saturated heterocycles. The summed E-state index contributed by atoms with van der Waals surface area (Å²) < 4.78 is 0. The Balaban J connectivity index is 3.80. The van der Waals surface area contributed by atoms with E-state index in [0.717, 1.165) is 0 Å². The third-order valence-corrected chi connectivity index (χ3v) is 1.86. The minimum absolute atomic E-state index is 0.162. The summed E-state index contributed by atoms with van der Waals surface area (Å²) in [4.78, 5) is 11.4. The monoisotopic (exact) mass is 197 g/mol. The smallest absolute Gasteiger partial charge is 0.236 e. The molecule has 3 N–H and O–H groups in total. The Labute approximate surface area is 85.5 Å². The molecule has 2 atom stereocenters. The van der Waals surface area contributed by atoms with Crippen molar-refractivity contribution in [3.63, 3.8) is 0 Å². The topological polar surface area (TPSA) is 78.9 Å². The molecule has 4 heteroatoms. The molecule has 1 unspecified atom stereocenters. The van der Waals surface area contributed by atoms with Crippen molar-refractivity contribution in [1.29, 1.82) is 5.26 Å². The van der Waals surface area contributed by atoms with E-state index in [9.17, 15) is 4.79 Å². The summed E-state index contributed by atoms with van der Waals surface area (Å²) in [5.41, 5.74) is 5.65. The maximum atomic E-state index is 11.4. The summed E-state index contributed by atoms with van der Waals surface area (Å²) in [6.07, 6.45) is 0.673. The molecule has 4 nitrogen and oxygen atoms in total. The van der Waals surface area contributed by atoms with Crippen molar-refractivity contribution in [1.82, 2.24) is 5.32 Å². The number of nitriles is 1. The molecule has 0 aromatic carbocycles. The standard InChI is InChI=1S/C10H19N3O/c1-7(2)4-9(12)10(14)13-6-8(3)5-11/h7-9H,4,6,12H2,1-3H3,(H,13,14)/t8?,9-/m1/s1. The maximum absolute atomic E-state index is 11.4. The quantitative estimate of drug-likeness (QED) is 0.678. The SMILES string of the molecule is CC(C)C[C@@H](N)C(=O)NCC(C)C#N. The van der Waals surface area contributed by atoms with Gasteiger partial charge in [0, 0.05) is 6.54 Å². The van der Waals surface area contributed by atoms with Crippen molar-refractivity contribution in [3.8, 4) is 6.07 Å². The number of hydrogen-bond acceptors (Lipinski definition) is 3. The van der Waals surface area contributed by atoms with Crippen LogP contribution in [0.5, 0.6) is 0 Å². The van der Waals surface area contributed by atoms with E-state index >= 15 is 0 Å². The van der Waals surface area contributed by atoms with Crippen LogP contribution in [0.1, 0.15) is 27.2 Å². The average molecular weight is 197 g/mol. The fraction of sp³-hybridized carbons (Fsp3) is 0.800. The van der Waals surface area contributed by atoms with Gasteiger partial charge in [0.05, 0.1) is 18.0 Å². The average Bonchev–Trinajstić information content (AvgIpc) is 2.12. The van der Waals surface area contributed by atoms with Gasteiger partial charge in [0.25, 0.3) is 0 Å². The maximum Gasteiger partial charge on any atom is 0.236 e. The molecule has 1 amide bonds. The number of nitrogens with two attached hydrogens (primary N) is 1. The van der Waals surface area contributed by atoms with Crippen LogP contribution in [-0.2, 0) is 4.79 Å². The van der Waals surface area contributed by atoms with E-state index in [1.807, 2.05) is 19.9 Å². The number of nitrogens with one attached hydrogen (secondary N) is 1. The van der Waals surface area contributed by atoms with Gasteiger partial charge in [-0.25, -0.2) is 0 Å². The van der Waals surface area contributed by atoms with Crippen LogP contribution < -0.4 is 11.1 Å². The molecule has 0 rings (SSSR count). The molecule has 0 spiro atoms. The lowest BCUT2D eigenvalue weighted by molar-refractivity contribution is -0.122. The molecule has 0 aliphatic rings. The van der Waals surface area contributed by atoms with Crippen LogP contribution in [0, 0.1) is 23.2 Å². The Morgan fingerprint density at radius 1 is 1.50 bits per heavy atom. The second kappa shape index (κ2) is 6.39. The highest BCUT2D eigenvalue weighted by molar-refractivity contribution is 5.81. The van der Waals surface area contributed by atoms with Crippen molar-refractivity contribution in [2.24, 2.45) is 17.6 Å². The van der Waals surface area contributed by atoms with Gasteiger partial charge in [0.1, 0.15) is 0 Å². The predicted molar refractivity (Wildman–Crippen MR) is 55.2 cm³/mol. The molecule has 0 aliphatic heterocycles. The molecule has 0 fully saturated rings. The fourth-order valence-electron chi connectivity index (χ4n) is 1.05. The van der Waals surface area contributed by atoms with Gasteiger partial charge in [0.2, 0.25) is 5.91 Å². The molecule has 0 aliphatic carbocycles. The van der Waals surface area contributed by atoms with E-state index in [4.69, 9.17) is 11.0 Å². The van der Waals surface area contributed by atoms with Crippen molar-refractivity contribution in [2.45, 2.75) is 33.2 Å². The van der Waals surface area contributed by atoms with E-state index < -0.39 is 6.04 Å². The second-order valence-electron chi connectivity index (χ2n) is 4.01. The molecular formula is C10H19N3O. The zero-order chi connectivity index (χ0) is 11.1. The first-order valence-corrected chi connectivity index (χ1v) is 4.90. The van der Waals surface area contributed by atoms with Gasteiger partial charge in [-0.05, 0) is 19.3 Å². The first kappa shape index (κ1) is 12.9. The lowest BCUT2D eigenvalue weighted by Crippen LogP contribution is -2.42. The lowest BCUT2D eigenvalue weighted by Gasteiger charge is -2.14. The van der Waals surface area contributed by atoms with Crippen molar-refractivity contribution in [2.75, 3.05) is 6.54 Å². The van der Waals surface area contributed by atoms with Gasteiger partial charge in [-0.1, -0.05) is 13.8 Å². The molecule has 0 aromatic rings. The van der Waals surface area contributed by atoms with Crippen molar-refractivity contribution >= 4 is 5.91 Å². The van der Waals surface area contributed by atoms with Crippen LogP contribution in [0.15, 0.2) is 0 Å². The van der Waals surface area contributed by atoms with Crippen LogP contribution in [0.4, 0.5) is 0 Å². The van der Waals surface area contributed by atoms with Crippen LogP contribution in [0.25, 0.3) is 0 Å². The second-order valence-corrected chi connectivity index (χ2v) is 4.01. The number of hydrogen-bond donors (Lipinski definition) is 2. The summed E-state index contributed by atoms with van der Waals surface area (Å²) >= 11 is 0. The Hall–Kier alpha value is -1.08. The molecule has 0 bridgehead atoms. The molecule has 0 saturated carbocycles. The number of carbonyl (C=O) groups excluding carboxylic acids is 1. The normalized spacial score (nSPS) is 14.6. The molecule has 0 aromatic heterocycles. The molecular weight excluding hydrogens is 178 g/mol. The largest absolute Gasteiger partial charge is 0.353 e. The zero-order valence-electron chi connectivity index (χ0n) is 9.08. The first-order chi connectivity index (χ1) is 6.47. The number of rotatable bonds is 5. The van der Waals surface area contributed by atoms with Gasteiger partial charge in [0.15, 0.2) is 0 Å². The van der Waals surface area contributed by atoms with E-state index in [2.05, 4.69) is 5.32 Å². The van der Waals surface area contributed by atoms with Crippen molar-refractivity contribution in [3.05, 3.63) is 0 Å². The van der Waals surface area contributed by atoms with E-state index in [-0.39, 0.29) is 11.8 Å². The lowest BCUT2D eigenvalue weighted by atomic mass is 10.0. The predicted octanol–water partition coefficient (Wildman–Crippen LogP) is 0.636. The zero-order valence-corrected chi connectivity index (χ0v) is 9.08. The summed E-state index contributed by atoms with van der Waals surface area (Å²) in [6.45, 7) is 6.17. The van der Waals surface area contributed by atoms with E-state index in [0.29, 0.717) is 18.9 Å².